The number of nitrogens with zero attached hydrogens (tertiary/aromatic N) is 3. The summed E-state index contributed by atoms with van der Waals surface area (Å²) < 4.78 is 6.75. The maximum absolute atomic E-state index is 13.6. The topological polar surface area (TPSA) is 118 Å². The van der Waals surface area contributed by atoms with Crippen LogP contribution >= 0.6 is 0 Å². The van der Waals surface area contributed by atoms with E-state index in [9.17, 15) is 14.7 Å². The average Bonchev–Trinajstić information content (AvgIpc) is 3.24. The molecule has 0 unspecified atom stereocenters. The highest BCUT2D eigenvalue weighted by atomic mass is 16.5. The van der Waals surface area contributed by atoms with Crippen molar-refractivity contribution in [1.29, 1.82) is 0 Å². The summed E-state index contributed by atoms with van der Waals surface area (Å²) in [5.74, 6) is 0.458. The number of nitrogens with one attached hydrogen (secondary N) is 2. The Morgan fingerprint density at radius 2 is 1.94 bits per heavy atom. The van der Waals surface area contributed by atoms with Gasteiger partial charge >= 0.3 is 5.97 Å². The first-order chi connectivity index (χ1) is 16.9. The van der Waals surface area contributed by atoms with Gasteiger partial charge in [-0.05, 0) is 57.0 Å². The van der Waals surface area contributed by atoms with Crippen molar-refractivity contribution >= 4 is 23.5 Å². The quantitative estimate of drug-likeness (QED) is 0.426. The Bertz CT molecular complexity index is 1260. The molecule has 3 N–H and O–H groups in total. The standard InChI is InChI=1S/C26H29N5O4/c1-4-35-25(34)18-10-12-20(13-11-18)28-24(33)22-17(3)27-26-29-21(9-6-14-32)30-31(26)23(22)19-8-5-7-16(2)15-19/h5,7-8,10-13,15,23,32H,4,6,9,14H2,1-3H3,(H,28,33)(H,27,29,30)/t23-/m0/s1. The number of aliphatic hydroxyl groups is 1. The molecule has 9 heteroatoms. The number of carbonyl (C=O) groups is 2. The second-order valence-corrected chi connectivity index (χ2v) is 8.36. The Morgan fingerprint density at radius 3 is 2.63 bits per heavy atom. The van der Waals surface area contributed by atoms with Crippen LogP contribution < -0.4 is 10.6 Å². The summed E-state index contributed by atoms with van der Waals surface area (Å²) in [5.41, 5.74) is 4.13. The van der Waals surface area contributed by atoms with Crippen LogP contribution in [0.5, 0.6) is 0 Å². The van der Waals surface area contributed by atoms with Crippen molar-refractivity contribution in [3.63, 3.8) is 0 Å². The zero-order valence-electron chi connectivity index (χ0n) is 20.0. The second kappa shape index (κ2) is 10.5. The molecule has 2 aromatic carbocycles. The monoisotopic (exact) mass is 475 g/mol. The Labute approximate surface area is 203 Å². The summed E-state index contributed by atoms with van der Waals surface area (Å²) in [4.78, 5) is 30.1. The number of hydrogen-bond acceptors (Lipinski definition) is 7. The molecule has 3 aromatic rings. The van der Waals surface area contributed by atoms with Gasteiger partial charge in [-0.1, -0.05) is 29.8 Å². The predicted octanol–water partition coefficient (Wildman–Crippen LogP) is 3.62. The van der Waals surface area contributed by atoms with Crippen LogP contribution in [0.4, 0.5) is 11.6 Å². The van der Waals surface area contributed by atoms with Crippen molar-refractivity contribution in [2.45, 2.75) is 39.7 Å². The third-order valence-corrected chi connectivity index (χ3v) is 5.71. The van der Waals surface area contributed by atoms with Crippen LogP contribution in [0.15, 0.2) is 59.8 Å². The summed E-state index contributed by atoms with van der Waals surface area (Å²) in [6.45, 7) is 5.94. The van der Waals surface area contributed by atoms with Crippen molar-refractivity contribution in [3.8, 4) is 0 Å². The largest absolute Gasteiger partial charge is 0.462 e. The number of rotatable bonds is 8. The van der Waals surface area contributed by atoms with Gasteiger partial charge in [-0.2, -0.15) is 10.1 Å². The van der Waals surface area contributed by atoms with Crippen molar-refractivity contribution in [3.05, 3.63) is 82.3 Å². The molecular formula is C26H29N5O4. The minimum atomic E-state index is -0.486. The SMILES string of the molecule is CCOC(=O)c1ccc(NC(=O)C2=C(C)Nc3nc(CCCO)nn3[C@H]2c2cccc(C)c2)cc1. The highest BCUT2D eigenvalue weighted by Gasteiger charge is 2.34. The zero-order chi connectivity index (χ0) is 24.9. The summed E-state index contributed by atoms with van der Waals surface area (Å²) >= 11 is 0. The number of esters is 1. The molecule has 0 radical (unpaired) electrons. The lowest BCUT2D eigenvalue weighted by Gasteiger charge is -2.29. The Balaban J connectivity index is 1.67. The molecule has 1 amide bonds. The van der Waals surface area contributed by atoms with E-state index in [2.05, 4.69) is 20.7 Å². The van der Waals surface area contributed by atoms with E-state index in [0.717, 1.165) is 11.1 Å². The van der Waals surface area contributed by atoms with Gasteiger partial charge in [0.25, 0.3) is 5.91 Å². The summed E-state index contributed by atoms with van der Waals surface area (Å²) in [5, 5.41) is 20.0. The van der Waals surface area contributed by atoms with Gasteiger partial charge in [0, 0.05) is 24.4 Å². The van der Waals surface area contributed by atoms with E-state index in [1.807, 2.05) is 38.1 Å². The molecule has 35 heavy (non-hydrogen) atoms. The van der Waals surface area contributed by atoms with E-state index < -0.39 is 12.0 Å². The van der Waals surface area contributed by atoms with Crippen LogP contribution in [0, 0.1) is 6.92 Å². The van der Waals surface area contributed by atoms with Gasteiger partial charge in [0.2, 0.25) is 5.95 Å². The van der Waals surface area contributed by atoms with E-state index in [4.69, 9.17) is 4.74 Å². The lowest BCUT2D eigenvalue weighted by molar-refractivity contribution is -0.113. The number of ether oxygens (including phenoxy) is 1. The smallest absolute Gasteiger partial charge is 0.338 e. The molecule has 0 saturated heterocycles. The van der Waals surface area contributed by atoms with Gasteiger partial charge in [-0.15, -0.1) is 0 Å². The minimum absolute atomic E-state index is 0.0541. The third kappa shape index (κ3) is 5.25. The average molecular weight is 476 g/mol. The highest BCUT2D eigenvalue weighted by molar-refractivity contribution is 6.06. The number of aliphatic hydroxyl groups excluding tert-OH is 1. The molecule has 1 atom stereocenters. The first-order valence-corrected chi connectivity index (χ1v) is 11.6. The molecular weight excluding hydrogens is 446 g/mol. The number of anilines is 2. The molecule has 0 bridgehead atoms. The van der Waals surface area contributed by atoms with Gasteiger partial charge in [-0.25, -0.2) is 9.48 Å². The number of allylic oxidation sites excluding steroid dienone is 1. The number of amides is 1. The molecule has 0 saturated carbocycles. The van der Waals surface area contributed by atoms with Crippen molar-refractivity contribution in [1.82, 2.24) is 14.8 Å². The normalized spacial score (nSPS) is 14.8. The van der Waals surface area contributed by atoms with Crippen LogP contribution in [0.3, 0.4) is 0 Å². The van der Waals surface area contributed by atoms with Crippen LogP contribution in [0.25, 0.3) is 0 Å². The lowest BCUT2D eigenvalue weighted by atomic mass is 9.94. The number of benzene rings is 2. The maximum atomic E-state index is 13.6. The zero-order valence-corrected chi connectivity index (χ0v) is 20.0. The fourth-order valence-electron chi connectivity index (χ4n) is 4.08. The van der Waals surface area contributed by atoms with E-state index in [0.29, 0.717) is 53.7 Å². The molecule has 2 heterocycles. The van der Waals surface area contributed by atoms with Gasteiger partial charge in [0.15, 0.2) is 5.82 Å². The molecule has 0 fully saturated rings. The van der Waals surface area contributed by atoms with Crippen LogP contribution in [0.2, 0.25) is 0 Å². The van der Waals surface area contributed by atoms with Crippen LogP contribution in [0.1, 0.15) is 53.6 Å². The Hall–Kier alpha value is -3.98. The Kier molecular flexibility index (Phi) is 7.26. The van der Waals surface area contributed by atoms with Gasteiger partial charge in [0.1, 0.15) is 6.04 Å². The van der Waals surface area contributed by atoms with E-state index in [-0.39, 0.29) is 12.5 Å². The number of hydrogen-bond donors (Lipinski definition) is 3. The first-order valence-electron chi connectivity index (χ1n) is 11.6. The summed E-state index contributed by atoms with van der Waals surface area (Å²) in [6.07, 6.45) is 1.09. The molecule has 1 aliphatic heterocycles. The van der Waals surface area contributed by atoms with Gasteiger partial charge in [-0.3, -0.25) is 4.79 Å². The fraction of sp³-hybridized carbons (Fsp3) is 0.308. The van der Waals surface area contributed by atoms with E-state index in [1.165, 1.54) is 0 Å². The molecule has 1 aliphatic rings. The van der Waals surface area contributed by atoms with Gasteiger partial charge in [0.05, 0.1) is 17.7 Å². The second-order valence-electron chi connectivity index (χ2n) is 8.36. The van der Waals surface area contributed by atoms with Crippen molar-refractivity contribution in [2.24, 2.45) is 0 Å². The van der Waals surface area contributed by atoms with E-state index in [1.54, 1.807) is 35.9 Å². The predicted molar refractivity (Wildman–Crippen MR) is 132 cm³/mol. The molecule has 1 aromatic heterocycles. The lowest BCUT2D eigenvalue weighted by Crippen LogP contribution is -2.31. The highest BCUT2D eigenvalue weighted by Crippen LogP contribution is 2.36. The minimum Gasteiger partial charge on any atom is -0.462 e. The number of aryl methyl sites for hydroxylation is 2. The van der Waals surface area contributed by atoms with Crippen LogP contribution in [-0.4, -0.2) is 45.0 Å². The molecule has 9 nitrogen and oxygen atoms in total. The molecule has 4 rings (SSSR count). The molecule has 0 spiro atoms. The Morgan fingerprint density at radius 1 is 1.17 bits per heavy atom. The number of fused-ring (bicyclic) bond motifs is 1. The van der Waals surface area contributed by atoms with E-state index >= 15 is 0 Å². The fourth-order valence-corrected chi connectivity index (χ4v) is 4.08. The molecule has 0 aliphatic carbocycles. The van der Waals surface area contributed by atoms with Gasteiger partial charge < -0.3 is 20.5 Å². The van der Waals surface area contributed by atoms with Crippen LogP contribution in [-0.2, 0) is 16.0 Å². The first kappa shape index (κ1) is 24.2. The summed E-state index contributed by atoms with van der Waals surface area (Å²) in [6, 6.07) is 14.1. The van der Waals surface area contributed by atoms with Crippen molar-refractivity contribution in [2.75, 3.05) is 23.8 Å². The molecule has 182 valence electrons. The van der Waals surface area contributed by atoms with Crippen molar-refractivity contribution < 1.29 is 19.4 Å². The summed E-state index contributed by atoms with van der Waals surface area (Å²) in [7, 11) is 0. The third-order valence-electron chi connectivity index (χ3n) is 5.71. The number of carbonyl (C=O) groups excluding carboxylic acids is 2. The maximum Gasteiger partial charge on any atom is 0.338 e. The number of aromatic nitrogens is 3.